The predicted octanol–water partition coefficient (Wildman–Crippen LogP) is 4.22. The Hall–Kier alpha value is -2.96. The number of hydrogen-bond donors (Lipinski definition) is 1. The van der Waals surface area contributed by atoms with Crippen LogP contribution in [0.2, 0.25) is 0 Å². The molecule has 2 aromatic carbocycles. The Labute approximate surface area is 198 Å². The van der Waals surface area contributed by atoms with E-state index in [4.69, 9.17) is 9.47 Å². The molecule has 0 amide bonds. The van der Waals surface area contributed by atoms with Crippen LogP contribution in [0.4, 0.5) is 0 Å². The van der Waals surface area contributed by atoms with Gasteiger partial charge in [-0.2, -0.15) is 0 Å². The van der Waals surface area contributed by atoms with Crippen LogP contribution in [-0.2, 0) is 11.3 Å². The number of Topliss-reactive ketones (excluding diaryl/α,β-unsaturated/α-hetero) is 2. The van der Waals surface area contributed by atoms with Crippen molar-refractivity contribution in [1.29, 1.82) is 0 Å². The number of fused-ring (bicyclic) bond motifs is 3. The minimum Gasteiger partial charge on any atom is -0.492 e. The first-order chi connectivity index (χ1) is 16.6. The van der Waals surface area contributed by atoms with Crippen LogP contribution in [0.3, 0.4) is 0 Å². The molecule has 1 aromatic heterocycles. The molecular formula is C28H29NO5. The normalized spacial score (nSPS) is 24.6. The second-order valence-electron chi connectivity index (χ2n) is 9.75. The summed E-state index contributed by atoms with van der Waals surface area (Å²) in [6.45, 7) is 4.42. The number of rotatable bonds is 8. The zero-order chi connectivity index (χ0) is 23.4. The van der Waals surface area contributed by atoms with Crippen molar-refractivity contribution in [3.8, 4) is 5.75 Å². The largest absolute Gasteiger partial charge is 0.492 e. The van der Waals surface area contributed by atoms with Gasteiger partial charge >= 0.3 is 0 Å². The van der Waals surface area contributed by atoms with Crippen molar-refractivity contribution in [1.82, 2.24) is 4.57 Å². The van der Waals surface area contributed by atoms with Crippen molar-refractivity contribution in [3.63, 3.8) is 0 Å². The molecule has 2 aliphatic heterocycles. The van der Waals surface area contributed by atoms with Gasteiger partial charge in [-0.05, 0) is 47.6 Å². The number of hydrogen-bond acceptors (Lipinski definition) is 5. The van der Waals surface area contributed by atoms with Gasteiger partial charge in [0.05, 0.1) is 32.0 Å². The fourth-order valence-electron chi connectivity index (χ4n) is 5.99. The summed E-state index contributed by atoms with van der Waals surface area (Å²) >= 11 is 0. The summed E-state index contributed by atoms with van der Waals surface area (Å²) in [5.41, 5.74) is 4.22. The zero-order valence-electron chi connectivity index (χ0n) is 19.3. The van der Waals surface area contributed by atoms with Crippen LogP contribution in [-0.4, -0.2) is 47.7 Å². The van der Waals surface area contributed by atoms with E-state index in [0.29, 0.717) is 60.6 Å². The maximum absolute atomic E-state index is 13.3. The Bertz CT molecular complexity index is 1280. The standard InChI is InChI=1S/C28H29NO5/c1-2-26(31)21-11-16(27(32)12-19-22-13-33-14-23(19)22)10-20-24(15-34-28(20)21)17-4-3-5-25-18(17)6-7-29(25)8-9-30/h3-7,10-11,19,22-24,30H,2,8-9,12-15H2,1H3/t19?,22-,23+,24?. The number of aliphatic hydroxyl groups is 1. The topological polar surface area (TPSA) is 77.8 Å². The molecule has 6 heteroatoms. The molecular weight excluding hydrogens is 430 g/mol. The highest BCUT2D eigenvalue weighted by Gasteiger charge is 2.54. The van der Waals surface area contributed by atoms with Gasteiger partial charge in [-0.15, -0.1) is 0 Å². The third-order valence-corrected chi connectivity index (χ3v) is 7.95. The summed E-state index contributed by atoms with van der Waals surface area (Å²) in [6.07, 6.45) is 2.87. The predicted molar refractivity (Wildman–Crippen MR) is 128 cm³/mol. The molecule has 6 rings (SSSR count). The maximum Gasteiger partial charge on any atom is 0.166 e. The first kappa shape index (κ1) is 21.6. The van der Waals surface area contributed by atoms with Gasteiger partial charge in [0.25, 0.3) is 0 Å². The third kappa shape index (κ3) is 3.39. The number of carbonyl (C=O) groups is 2. The summed E-state index contributed by atoms with van der Waals surface area (Å²) in [6, 6.07) is 11.9. The molecule has 1 N–H and O–H groups in total. The highest BCUT2D eigenvalue weighted by molar-refractivity contribution is 6.04. The second-order valence-corrected chi connectivity index (χ2v) is 9.75. The molecule has 3 aromatic rings. The molecule has 3 heterocycles. The van der Waals surface area contributed by atoms with Crippen molar-refractivity contribution < 1.29 is 24.2 Å². The van der Waals surface area contributed by atoms with Crippen LogP contribution >= 0.6 is 0 Å². The van der Waals surface area contributed by atoms with Crippen LogP contribution in [0.1, 0.15) is 57.5 Å². The van der Waals surface area contributed by atoms with E-state index in [-0.39, 0.29) is 24.1 Å². The number of aliphatic hydroxyl groups excluding tert-OH is 1. The van der Waals surface area contributed by atoms with E-state index in [1.165, 1.54) is 0 Å². The summed E-state index contributed by atoms with van der Waals surface area (Å²) in [7, 11) is 0. The fourth-order valence-corrected chi connectivity index (χ4v) is 5.99. The van der Waals surface area contributed by atoms with E-state index in [0.717, 1.165) is 35.2 Å². The van der Waals surface area contributed by atoms with Gasteiger partial charge < -0.3 is 19.1 Å². The van der Waals surface area contributed by atoms with E-state index in [1.54, 1.807) is 6.07 Å². The van der Waals surface area contributed by atoms with E-state index < -0.39 is 0 Å². The van der Waals surface area contributed by atoms with Gasteiger partial charge in [0, 0.05) is 53.5 Å². The lowest BCUT2D eigenvalue weighted by atomic mass is 9.87. The Balaban J connectivity index is 1.39. The van der Waals surface area contributed by atoms with Crippen LogP contribution < -0.4 is 4.74 Å². The summed E-state index contributed by atoms with van der Waals surface area (Å²) in [4.78, 5) is 26.1. The maximum atomic E-state index is 13.3. The van der Waals surface area contributed by atoms with Crippen molar-refractivity contribution in [3.05, 3.63) is 64.8 Å². The highest BCUT2D eigenvalue weighted by Crippen LogP contribution is 2.53. The van der Waals surface area contributed by atoms with E-state index in [1.807, 2.05) is 35.9 Å². The molecule has 34 heavy (non-hydrogen) atoms. The van der Waals surface area contributed by atoms with Gasteiger partial charge in [0.1, 0.15) is 5.75 Å². The van der Waals surface area contributed by atoms with Crippen LogP contribution in [0.15, 0.2) is 42.6 Å². The van der Waals surface area contributed by atoms with Crippen LogP contribution in [0.5, 0.6) is 5.75 Å². The number of carbonyl (C=O) groups excluding carboxylic acids is 2. The monoisotopic (exact) mass is 459 g/mol. The number of ether oxygens (including phenoxy) is 2. The molecule has 1 aliphatic carbocycles. The number of aromatic nitrogens is 1. The van der Waals surface area contributed by atoms with E-state index in [9.17, 15) is 14.7 Å². The number of benzene rings is 2. The number of ketones is 2. The Morgan fingerprint density at radius 2 is 1.88 bits per heavy atom. The Morgan fingerprint density at radius 1 is 1.06 bits per heavy atom. The second kappa shape index (κ2) is 8.36. The van der Waals surface area contributed by atoms with E-state index >= 15 is 0 Å². The summed E-state index contributed by atoms with van der Waals surface area (Å²) < 4.78 is 13.6. The zero-order valence-corrected chi connectivity index (χ0v) is 19.3. The molecule has 2 unspecified atom stereocenters. The highest BCUT2D eigenvalue weighted by atomic mass is 16.5. The van der Waals surface area contributed by atoms with Gasteiger partial charge in [0.2, 0.25) is 0 Å². The molecule has 0 bridgehead atoms. The van der Waals surface area contributed by atoms with Crippen molar-refractivity contribution in [2.45, 2.75) is 32.2 Å². The molecule has 2 fully saturated rings. The molecule has 176 valence electrons. The number of nitrogens with zero attached hydrogens (tertiary/aromatic N) is 1. The lowest BCUT2D eigenvalue weighted by Crippen LogP contribution is -2.09. The molecule has 1 saturated carbocycles. The molecule has 0 spiro atoms. The molecule has 4 atom stereocenters. The van der Waals surface area contributed by atoms with Crippen molar-refractivity contribution >= 4 is 22.5 Å². The van der Waals surface area contributed by atoms with Gasteiger partial charge in [-0.1, -0.05) is 19.1 Å². The Kier molecular flexibility index (Phi) is 5.30. The Morgan fingerprint density at radius 3 is 2.65 bits per heavy atom. The SMILES string of the molecule is CCC(=O)c1cc(C(=O)CC2[C@H]3COC[C@@H]23)cc2c1OCC2c1cccc2c1ccn2CCO. The minimum atomic E-state index is -0.0615. The fraction of sp³-hybridized carbons (Fsp3) is 0.429. The molecule has 1 saturated heterocycles. The molecule has 3 aliphatic rings. The van der Waals surface area contributed by atoms with Crippen LogP contribution in [0, 0.1) is 17.8 Å². The lowest BCUT2D eigenvalue weighted by molar-refractivity contribution is 0.0950. The van der Waals surface area contributed by atoms with Gasteiger partial charge in [-0.3, -0.25) is 9.59 Å². The summed E-state index contributed by atoms with van der Waals surface area (Å²) in [5, 5.41) is 10.5. The van der Waals surface area contributed by atoms with Crippen molar-refractivity contribution in [2.75, 3.05) is 26.4 Å². The quantitative estimate of drug-likeness (QED) is 0.511. The van der Waals surface area contributed by atoms with Gasteiger partial charge in [-0.25, -0.2) is 0 Å². The molecule has 0 radical (unpaired) electrons. The first-order valence-electron chi connectivity index (χ1n) is 12.2. The van der Waals surface area contributed by atoms with Crippen LogP contribution in [0.25, 0.3) is 10.9 Å². The van der Waals surface area contributed by atoms with E-state index in [2.05, 4.69) is 12.1 Å². The summed E-state index contributed by atoms with van der Waals surface area (Å²) in [5.74, 6) is 2.11. The van der Waals surface area contributed by atoms with Crippen molar-refractivity contribution in [2.24, 2.45) is 17.8 Å². The van der Waals surface area contributed by atoms with Gasteiger partial charge in [0.15, 0.2) is 11.6 Å². The smallest absolute Gasteiger partial charge is 0.166 e. The minimum absolute atomic E-state index is 0.00412. The average Bonchev–Trinajstić information content (AvgIpc) is 3.32. The first-order valence-corrected chi connectivity index (χ1v) is 12.2. The lowest BCUT2D eigenvalue weighted by Gasteiger charge is -2.14. The third-order valence-electron chi connectivity index (χ3n) is 7.95. The molecule has 6 nitrogen and oxygen atoms in total. The average molecular weight is 460 g/mol.